The molecule has 2 rings (SSSR count). The molecular weight excluding hydrogens is 312 g/mol. The summed E-state index contributed by atoms with van der Waals surface area (Å²) in [5.74, 6) is 0.801. The second-order valence-corrected chi connectivity index (χ2v) is 7.15. The van der Waals surface area contributed by atoms with E-state index in [0.29, 0.717) is 12.3 Å². The van der Waals surface area contributed by atoms with E-state index in [1.807, 2.05) is 44.2 Å². The highest BCUT2D eigenvalue weighted by atomic mass is 32.2. The zero-order valence-corrected chi connectivity index (χ0v) is 14.7. The number of carbonyl (C=O) groups is 1. The van der Waals surface area contributed by atoms with Gasteiger partial charge in [0.05, 0.1) is 11.4 Å². The Morgan fingerprint density at radius 3 is 2.48 bits per heavy atom. The second-order valence-electron chi connectivity index (χ2n) is 5.39. The zero-order chi connectivity index (χ0) is 17.0. The Balaban J connectivity index is 2.13. The number of rotatable bonds is 6. The number of para-hydroxylation sites is 1. The number of aryl methyl sites for hydroxylation is 2. The number of anilines is 1. The predicted molar refractivity (Wildman–Crippen MR) is 91.8 cm³/mol. The van der Waals surface area contributed by atoms with Gasteiger partial charge in [-0.2, -0.15) is 0 Å². The molecule has 1 heterocycles. The summed E-state index contributed by atoms with van der Waals surface area (Å²) in [5, 5.41) is 3.27. The molecule has 0 aliphatic heterocycles. The third-order valence-corrected chi connectivity index (χ3v) is 5.42. The number of hydrogen-bond donors (Lipinski definition) is 0. The fourth-order valence-electron chi connectivity index (χ4n) is 2.38. The zero-order valence-electron chi connectivity index (χ0n) is 13.9. The summed E-state index contributed by atoms with van der Waals surface area (Å²) in [6.45, 7) is 7.77. The Labute approximate surface area is 139 Å². The number of amides is 1. The molecule has 0 radical (unpaired) electrons. The van der Waals surface area contributed by atoms with Crippen LogP contribution in [0.15, 0.2) is 34.9 Å². The van der Waals surface area contributed by atoms with Crippen molar-refractivity contribution in [2.45, 2.75) is 38.7 Å². The summed E-state index contributed by atoms with van der Waals surface area (Å²) in [7, 11) is -1.33. The van der Waals surface area contributed by atoms with Crippen LogP contribution >= 0.6 is 0 Å². The molecule has 0 bridgehead atoms. The molecule has 2 atom stereocenters. The van der Waals surface area contributed by atoms with E-state index in [9.17, 15) is 9.00 Å². The maximum absolute atomic E-state index is 12.7. The van der Waals surface area contributed by atoms with Gasteiger partial charge in [0.1, 0.15) is 11.0 Å². The normalized spacial score (nSPS) is 13.6. The lowest BCUT2D eigenvalue weighted by atomic mass is 10.2. The predicted octanol–water partition coefficient (Wildman–Crippen LogP) is 2.98. The maximum Gasteiger partial charge on any atom is 0.242 e. The minimum absolute atomic E-state index is 0.135. The van der Waals surface area contributed by atoms with Crippen molar-refractivity contribution in [2.75, 3.05) is 11.4 Å². The van der Waals surface area contributed by atoms with E-state index in [-0.39, 0.29) is 11.7 Å². The summed E-state index contributed by atoms with van der Waals surface area (Å²) in [6.07, 6.45) is 0. The third-order valence-electron chi connectivity index (χ3n) is 3.86. The first-order valence-corrected chi connectivity index (χ1v) is 8.99. The van der Waals surface area contributed by atoms with Gasteiger partial charge >= 0.3 is 0 Å². The average Bonchev–Trinajstić information content (AvgIpc) is 2.87. The van der Waals surface area contributed by atoms with Gasteiger partial charge in [0.2, 0.25) is 5.91 Å². The summed E-state index contributed by atoms with van der Waals surface area (Å²) >= 11 is 0. The molecule has 0 N–H and O–H groups in total. The molecule has 0 aliphatic rings. The van der Waals surface area contributed by atoms with Crippen molar-refractivity contribution in [1.82, 2.24) is 5.16 Å². The fraction of sp³-hybridized carbons (Fsp3) is 0.412. The van der Waals surface area contributed by atoms with Crippen LogP contribution in [0.5, 0.6) is 0 Å². The highest BCUT2D eigenvalue weighted by molar-refractivity contribution is 7.85. The molecule has 0 saturated heterocycles. The molecule has 124 valence electrons. The third kappa shape index (κ3) is 3.88. The van der Waals surface area contributed by atoms with Crippen LogP contribution in [0.1, 0.15) is 30.9 Å². The molecule has 23 heavy (non-hydrogen) atoms. The van der Waals surface area contributed by atoms with Gasteiger partial charge in [-0.15, -0.1) is 0 Å². The van der Waals surface area contributed by atoms with E-state index in [4.69, 9.17) is 4.52 Å². The smallest absolute Gasteiger partial charge is 0.242 e. The van der Waals surface area contributed by atoms with Crippen molar-refractivity contribution < 1.29 is 13.5 Å². The van der Waals surface area contributed by atoms with E-state index in [1.165, 1.54) is 0 Å². The molecule has 0 spiro atoms. The number of carbonyl (C=O) groups excluding carboxylic acids is 1. The van der Waals surface area contributed by atoms with Crippen molar-refractivity contribution in [3.63, 3.8) is 0 Å². The van der Waals surface area contributed by atoms with Gasteiger partial charge in [-0.1, -0.05) is 23.4 Å². The monoisotopic (exact) mass is 334 g/mol. The summed E-state index contributed by atoms with van der Waals surface area (Å²) < 4.78 is 17.7. The van der Waals surface area contributed by atoms with E-state index >= 15 is 0 Å². The first-order chi connectivity index (χ1) is 11.0. The Hall–Kier alpha value is -1.95. The molecule has 0 unspecified atom stereocenters. The lowest BCUT2D eigenvalue weighted by Crippen LogP contribution is -2.40. The van der Waals surface area contributed by atoms with Gasteiger partial charge in [0.15, 0.2) is 0 Å². The minimum Gasteiger partial charge on any atom is -0.361 e. The van der Waals surface area contributed by atoms with Gasteiger partial charge in [-0.05, 0) is 39.8 Å². The molecule has 0 fully saturated rings. The quantitative estimate of drug-likeness (QED) is 0.815. The Morgan fingerprint density at radius 1 is 1.30 bits per heavy atom. The van der Waals surface area contributed by atoms with Crippen LogP contribution in [0.4, 0.5) is 5.69 Å². The van der Waals surface area contributed by atoms with Gasteiger partial charge in [-0.3, -0.25) is 9.00 Å². The number of benzene rings is 1. The summed E-state index contributed by atoms with van der Waals surface area (Å²) in [6, 6.07) is 9.44. The molecule has 2 aromatic rings. The number of hydrogen-bond acceptors (Lipinski definition) is 4. The largest absolute Gasteiger partial charge is 0.361 e. The van der Waals surface area contributed by atoms with Crippen LogP contribution in [-0.4, -0.2) is 27.1 Å². The van der Waals surface area contributed by atoms with Crippen molar-refractivity contribution in [3.8, 4) is 0 Å². The first-order valence-electron chi connectivity index (χ1n) is 7.61. The number of aromatic nitrogens is 1. The van der Waals surface area contributed by atoms with Gasteiger partial charge in [0.25, 0.3) is 0 Å². The lowest BCUT2D eigenvalue weighted by Gasteiger charge is -2.24. The summed E-state index contributed by atoms with van der Waals surface area (Å²) in [5.41, 5.74) is 2.37. The molecule has 1 amide bonds. The molecule has 1 aromatic carbocycles. The van der Waals surface area contributed by atoms with Crippen LogP contribution in [0.25, 0.3) is 0 Å². The highest BCUT2D eigenvalue weighted by Gasteiger charge is 2.27. The SMILES string of the molecule is CCN(C(=O)[C@H](C)[S@](=O)Cc1c(C)noc1C)c1ccccc1. The van der Waals surface area contributed by atoms with Gasteiger partial charge in [-0.25, -0.2) is 0 Å². The van der Waals surface area contributed by atoms with E-state index in [2.05, 4.69) is 5.16 Å². The minimum atomic E-state index is -1.33. The van der Waals surface area contributed by atoms with Crippen LogP contribution in [0.2, 0.25) is 0 Å². The molecule has 5 nitrogen and oxygen atoms in total. The van der Waals surface area contributed by atoms with E-state index < -0.39 is 16.0 Å². The van der Waals surface area contributed by atoms with Crippen LogP contribution in [0, 0.1) is 13.8 Å². The van der Waals surface area contributed by atoms with Crippen LogP contribution < -0.4 is 4.90 Å². The standard InChI is InChI=1S/C17H22N2O3S/c1-5-19(15-9-7-6-8-10-15)17(20)14(4)23(21)11-16-12(2)18-22-13(16)3/h6-10,14H,5,11H2,1-4H3/t14-,23+/m0/s1. The first kappa shape index (κ1) is 17.4. The number of nitrogens with zero attached hydrogens (tertiary/aromatic N) is 2. The van der Waals surface area contributed by atoms with Crippen molar-refractivity contribution in [2.24, 2.45) is 0 Å². The molecule has 6 heteroatoms. The van der Waals surface area contributed by atoms with Crippen molar-refractivity contribution in [3.05, 3.63) is 47.3 Å². The molecule has 0 saturated carbocycles. The van der Waals surface area contributed by atoms with Crippen LogP contribution in [-0.2, 0) is 21.3 Å². The van der Waals surface area contributed by atoms with Gasteiger partial charge < -0.3 is 9.42 Å². The molecule has 0 aliphatic carbocycles. The molecule has 1 aromatic heterocycles. The Kier molecular flexibility index (Phi) is 5.71. The lowest BCUT2D eigenvalue weighted by molar-refractivity contribution is -0.117. The average molecular weight is 334 g/mol. The second kappa shape index (κ2) is 7.55. The Morgan fingerprint density at radius 2 is 1.96 bits per heavy atom. The van der Waals surface area contributed by atoms with Crippen LogP contribution in [0.3, 0.4) is 0 Å². The maximum atomic E-state index is 12.7. The Bertz CT molecular complexity index is 678. The fourth-order valence-corrected chi connectivity index (χ4v) is 3.68. The van der Waals surface area contributed by atoms with E-state index in [1.54, 1.807) is 18.7 Å². The topological polar surface area (TPSA) is 63.4 Å². The summed E-state index contributed by atoms with van der Waals surface area (Å²) in [4.78, 5) is 14.4. The molecular formula is C17H22N2O3S. The van der Waals surface area contributed by atoms with Gasteiger partial charge in [0, 0.05) is 28.6 Å². The highest BCUT2D eigenvalue weighted by Crippen LogP contribution is 2.19. The van der Waals surface area contributed by atoms with Crippen molar-refractivity contribution >= 4 is 22.4 Å². The van der Waals surface area contributed by atoms with Crippen molar-refractivity contribution in [1.29, 1.82) is 0 Å². The van der Waals surface area contributed by atoms with E-state index in [0.717, 1.165) is 16.9 Å².